The van der Waals surface area contributed by atoms with Crippen molar-refractivity contribution >= 4 is 6.03 Å². The first kappa shape index (κ1) is 18.4. The van der Waals surface area contributed by atoms with Gasteiger partial charge in [0.2, 0.25) is 0 Å². The number of likely N-dealkylation sites (tertiary alicyclic amines) is 1. The minimum Gasteiger partial charge on any atom is -0.385 e. The van der Waals surface area contributed by atoms with Crippen LogP contribution in [0, 0.1) is 5.82 Å². The maximum absolute atomic E-state index is 13.0. The minimum absolute atomic E-state index is 0.0414. The van der Waals surface area contributed by atoms with Gasteiger partial charge in [0.1, 0.15) is 5.82 Å². The Bertz CT molecular complexity index is 717. The van der Waals surface area contributed by atoms with Crippen molar-refractivity contribution in [1.29, 1.82) is 0 Å². The SMILES string of the molecule is COCCC1CCCCN1C(=O)NCc1cnn(-c2ccc(F)cc2)c1. The summed E-state index contributed by atoms with van der Waals surface area (Å²) in [5, 5.41) is 7.26. The van der Waals surface area contributed by atoms with Gasteiger partial charge in [-0.2, -0.15) is 5.10 Å². The predicted octanol–water partition coefficient (Wildman–Crippen LogP) is 3.11. The maximum Gasteiger partial charge on any atom is 0.317 e. The first-order valence-corrected chi connectivity index (χ1v) is 9.00. The van der Waals surface area contributed by atoms with E-state index in [1.54, 1.807) is 30.1 Å². The molecule has 1 unspecified atom stereocenters. The fraction of sp³-hybridized carbons (Fsp3) is 0.474. The molecule has 2 aromatic rings. The lowest BCUT2D eigenvalue weighted by molar-refractivity contribution is 0.116. The summed E-state index contributed by atoms with van der Waals surface area (Å²) in [6.45, 7) is 1.86. The molecule has 0 spiro atoms. The van der Waals surface area contributed by atoms with Crippen molar-refractivity contribution in [3.05, 3.63) is 48.0 Å². The number of benzene rings is 1. The number of carbonyl (C=O) groups is 1. The standard InChI is InChI=1S/C19H25FN4O2/c1-26-11-9-17-4-2-3-10-23(17)19(25)21-12-15-13-22-24(14-15)18-7-5-16(20)6-8-18/h5-8,13-14,17H,2-4,9-12H2,1H3,(H,21,25). The summed E-state index contributed by atoms with van der Waals surface area (Å²) in [6, 6.07) is 6.33. The van der Waals surface area contributed by atoms with Gasteiger partial charge in [0.25, 0.3) is 0 Å². The van der Waals surface area contributed by atoms with Crippen molar-refractivity contribution in [2.45, 2.75) is 38.3 Å². The molecule has 1 aromatic carbocycles. The Hall–Kier alpha value is -2.41. The van der Waals surface area contributed by atoms with E-state index in [1.165, 1.54) is 12.1 Å². The van der Waals surface area contributed by atoms with Crippen molar-refractivity contribution in [2.24, 2.45) is 0 Å². The predicted molar refractivity (Wildman–Crippen MR) is 96.6 cm³/mol. The second-order valence-electron chi connectivity index (χ2n) is 6.55. The third kappa shape index (κ3) is 4.60. The van der Waals surface area contributed by atoms with Gasteiger partial charge in [-0.3, -0.25) is 0 Å². The summed E-state index contributed by atoms with van der Waals surface area (Å²) in [5.41, 5.74) is 1.67. The van der Waals surface area contributed by atoms with Gasteiger partial charge >= 0.3 is 6.03 Å². The Morgan fingerprint density at radius 2 is 2.15 bits per heavy atom. The number of ether oxygens (including phenoxy) is 1. The summed E-state index contributed by atoms with van der Waals surface area (Å²) in [6.07, 6.45) is 7.64. The molecule has 1 saturated heterocycles. The second kappa shape index (κ2) is 8.80. The number of aromatic nitrogens is 2. The molecule has 7 heteroatoms. The Morgan fingerprint density at radius 1 is 1.35 bits per heavy atom. The number of methoxy groups -OCH3 is 1. The number of urea groups is 1. The van der Waals surface area contributed by atoms with Crippen LogP contribution in [0.5, 0.6) is 0 Å². The van der Waals surface area contributed by atoms with Crippen LogP contribution in [0.2, 0.25) is 0 Å². The first-order chi connectivity index (χ1) is 12.7. The fourth-order valence-corrected chi connectivity index (χ4v) is 3.29. The van der Waals surface area contributed by atoms with Gasteiger partial charge in [-0.25, -0.2) is 13.9 Å². The lowest BCUT2D eigenvalue weighted by atomic mass is 10.00. The van der Waals surface area contributed by atoms with E-state index in [-0.39, 0.29) is 17.9 Å². The van der Waals surface area contributed by atoms with E-state index in [0.717, 1.165) is 43.5 Å². The third-order valence-electron chi connectivity index (χ3n) is 4.71. The molecule has 1 N–H and O–H groups in total. The topological polar surface area (TPSA) is 59.4 Å². The van der Waals surface area contributed by atoms with Crippen LogP contribution in [0.3, 0.4) is 0 Å². The van der Waals surface area contributed by atoms with Crippen LogP contribution in [-0.4, -0.2) is 47.0 Å². The molecule has 1 aliphatic rings. The van der Waals surface area contributed by atoms with Gasteiger partial charge in [-0.1, -0.05) is 0 Å². The van der Waals surface area contributed by atoms with Gasteiger partial charge in [0.15, 0.2) is 0 Å². The van der Waals surface area contributed by atoms with Crippen LogP contribution in [-0.2, 0) is 11.3 Å². The largest absolute Gasteiger partial charge is 0.385 e. The molecule has 2 amide bonds. The fourth-order valence-electron chi connectivity index (χ4n) is 3.29. The van der Waals surface area contributed by atoms with Crippen LogP contribution < -0.4 is 5.32 Å². The molecule has 1 atom stereocenters. The molecular weight excluding hydrogens is 335 g/mol. The zero-order valence-corrected chi connectivity index (χ0v) is 15.0. The van der Waals surface area contributed by atoms with Crippen LogP contribution in [0.25, 0.3) is 5.69 Å². The highest BCUT2D eigenvalue weighted by molar-refractivity contribution is 5.74. The number of nitrogens with zero attached hydrogens (tertiary/aromatic N) is 3. The molecule has 6 nitrogen and oxygen atoms in total. The van der Waals surface area contributed by atoms with E-state index in [1.807, 2.05) is 11.1 Å². The number of hydrogen-bond acceptors (Lipinski definition) is 3. The normalized spacial score (nSPS) is 17.3. The number of rotatable bonds is 6. The Labute approximate surface area is 152 Å². The van der Waals surface area contributed by atoms with E-state index in [4.69, 9.17) is 4.74 Å². The number of piperidine rings is 1. The number of amides is 2. The molecule has 26 heavy (non-hydrogen) atoms. The average molecular weight is 360 g/mol. The van der Waals surface area contributed by atoms with Crippen LogP contribution in [0.1, 0.15) is 31.2 Å². The van der Waals surface area contributed by atoms with Crippen LogP contribution in [0.15, 0.2) is 36.7 Å². The molecule has 2 heterocycles. The Morgan fingerprint density at radius 3 is 2.92 bits per heavy atom. The zero-order valence-electron chi connectivity index (χ0n) is 15.0. The van der Waals surface area contributed by atoms with Crippen molar-refractivity contribution in [1.82, 2.24) is 20.0 Å². The smallest absolute Gasteiger partial charge is 0.317 e. The van der Waals surface area contributed by atoms with Crippen LogP contribution in [0.4, 0.5) is 9.18 Å². The Balaban J connectivity index is 1.56. The monoisotopic (exact) mass is 360 g/mol. The van der Waals surface area contributed by atoms with Gasteiger partial charge in [-0.05, 0) is 49.9 Å². The quantitative estimate of drug-likeness (QED) is 0.861. The lowest BCUT2D eigenvalue weighted by Gasteiger charge is -2.35. The molecule has 1 aromatic heterocycles. The number of nitrogens with one attached hydrogen (secondary N) is 1. The number of hydrogen-bond donors (Lipinski definition) is 1. The van der Waals surface area contributed by atoms with Crippen molar-refractivity contribution < 1.29 is 13.9 Å². The molecule has 0 saturated carbocycles. The third-order valence-corrected chi connectivity index (χ3v) is 4.71. The zero-order chi connectivity index (χ0) is 18.4. The average Bonchev–Trinajstić information content (AvgIpc) is 3.14. The summed E-state index contributed by atoms with van der Waals surface area (Å²) >= 11 is 0. The molecule has 1 fully saturated rings. The molecule has 3 rings (SSSR count). The summed E-state index contributed by atoms with van der Waals surface area (Å²) in [4.78, 5) is 14.5. The van der Waals surface area contributed by atoms with E-state index in [2.05, 4.69) is 10.4 Å². The minimum atomic E-state index is -0.280. The molecule has 140 valence electrons. The molecule has 1 aliphatic heterocycles. The van der Waals surface area contributed by atoms with Gasteiger partial charge in [0, 0.05) is 44.6 Å². The summed E-state index contributed by atoms with van der Waals surface area (Å²) in [7, 11) is 1.69. The van der Waals surface area contributed by atoms with E-state index in [0.29, 0.717) is 13.2 Å². The van der Waals surface area contributed by atoms with E-state index < -0.39 is 0 Å². The highest BCUT2D eigenvalue weighted by Gasteiger charge is 2.26. The van der Waals surface area contributed by atoms with E-state index in [9.17, 15) is 9.18 Å². The van der Waals surface area contributed by atoms with E-state index >= 15 is 0 Å². The molecular formula is C19H25FN4O2. The maximum atomic E-state index is 13.0. The lowest BCUT2D eigenvalue weighted by Crippen LogP contribution is -2.48. The highest BCUT2D eigenvalue weighted by Crippen LogP contribution is 2.20. The molecule has 0 radical (unpaired) electrons. The van der Waals surface area contributed by atoms with Crippen molar-refractivity contribution in [3.8, 4) is 5.69 Å². The van der Waals surface area contributed by atoms with Crippen molar-refractivity contribution in [3.63, 3.8) is 0 Å². The number of carbonyl (C=O) groups excluding carboxylic acids is 1. The summed E-state index contributed by atoms with van der Waals surface area (Å²) < 4.78 is 19.8. The molecule has 0 aliphatic carbocycles. The van der Waals surface area contributed by atoms with Gasteiger partial charge in [0.05, 0.1) is 11.9 Å². The first-order valence-electron chi connectivity index (χ1n) is 9.00. The number of halogens is 1. The van der Waals surface area contributed by atoms with Gasteiger partial charge in [-0.15, -0.1) is 0 Å². The molecule has 0 bridgehead atoms. The second-order valence-corrected chi connectivity index (χ2v) is 6.55. The highest BCUT2D eigenvalue weighted by atomic mass is 19.1. The Kier molecular flexibility index (Phi) is 6.22. The summed E-state index contributed by atoms with van der Waals surface area (Å²) in [5.74, 6) is -0.280. The van der Waals surface area contributed by atoms with Crippen LogP contribution >= 0.6 is 0 Å². The van der Waals surface area contributed by atoms with Gasteiger partial charge < -0.3 is 15.0 Å². The van der Waals surface area contributed by atoms with Crippen molar-refractivity contribution in [2.75, 3.05) is 20.3 Å².